The van der Waals surface area contributed by atoms with Gasteiger partial charge in [-0.3, -0.25) is 14.3 Å². The highest BCUT2D eigenvalue weighted by Gasteiger charge is 2.17. The van der Waals surface area contributed by atoms with Crippen LogP contribution in [0, 0.1) is 17.5 Å². The van der Waals surface area contributed by atoms with Gasteiger partial charge in [0.25, 0.3) is 5.91 Å². The second kappa shape index (κ2) is 10.2. The Morgan fingerprint density at radius 1 is 1.09 bits per heavy atom. The molecule has 0 aliphatic rings. The molecule has 0 radical (unpaired) electrons. The van der Waals surface area contributed by atoms with Gasteiger partial charge in [-0.05, 0) is 23.8 Å². The fourth-order valence-electron chi connectivity index (χ4n) is 3.40. The number of hydrogen-bond donors (Lipinski definition) is 1. The van der Waals surface area contributed by atoms with Crippen LogP contribution in [0.5, 0.6) is 0 Å². The zero-order valence-corrected chi connectivity index (χ0v) is 18.5. The Kier molecular flexibility index (Phi) is 7.37. The third-order valence-corrected chi connectivity index (χ3v) is 5.21. The largest absolute Gasteiger partial charge is 0.368 e. The smallest absolute Gasteiger partial charge is 0.251 e. The van der Waals surface area contributed by atoms with E-state index in [0.29, 0.717) is 37.3 Å². The maximum atomic E-state index is 13.9. The highest BCUT2D eigenvalue weighted by molar-refractivity contribution is 5.95. The van der Waals surface area contributed by atoms with Crippen molar-refractivity contribution in [2.75, 3.05) is 19.0 Å². The predicted molar refractivity (Wildman–Crippen MR) is 117 cm³/mol. The topological polar surface area (TPSA) is 70.5 Å². The molecule has 0 spiro atoms. The molecular weight excluding hydrogens is 435 g/mol. The van der Waals surface area contributed by atoms with Crippen LogP contribution in [0.1, 0.15) is 27.2 Å². The van der Waals surface area contributed by atoms with E-state index in [1.807, 2.05) is 25.1 Å². The van der Waals surface area contributed by atoms with Gasteiger partial charge in [-0.25, -0.2) is 13.2 Å². The van der Waals surface area contributed by atoms with Crippen LogP contribution < -0.4 is 10.2 Å². The molecule has 1 heterocycles. The molecule has 0 atom stereocenters. The Morgan fingerprint density at radius 3 is 2.39 bits per heavy atom. The van der Waals surface area contributed by atoms with Gasteiger partial charge in [-0.2, -0.15) is 5.10 Å². The summed E-state index contributed by atoms with van der Waals surface area (Å²) in [5.74, 6) is -3.73. The standard InChI is InChI=1S/C23H24F3N5O2/c1-29(14-32)12-16-5-4-15(8-22(16)30(2)13-18-6-7-28-31(18)3)23(33)27-11-19-20(25)9-17(24)10-21(19)26/h4-10,14H,11-13H2,1-3H3,(H,27,33). The average molecular weight is 459 g/mol. The monoisotopic (exact) mass is 459 g/mol. The summed E-state index contributed by atoms with van der Waals surface area (Å²) in [6.45, 7) is 0.375. The van der Waals surface area contributed by atoms with Crippen molar-refractivity contribution in [3.05, 3.63) is 82.4 Å². The molecule has 3 aromatic rings. The van der Waals surface area contributed by atoms with Crippen molar-refractivity contribution in [2.45, 2.75) is 19.6 Å². The molecule has 1 aromatic heterocycles. The maximum Gasteiger partial charge on any atom is 0.251 e. The van der Waals surface area contributed by atoms with Crippen molar-refractivity contribution in [3.63, 3.8) is 0 Å². The first-order valence-electron chi connectivity index (χ1n) is 10.1. The highest BCUT2D eigenvalue weighted by atomic mass is 19.1. The zero-order valence-electron chi connectivity index (χ0n) is 18.5. The predicted octanol–water partition coefficient (Wildman–Crippen LogP) is 2.99. The van der Waals surface area contributed by atoms with Crippen LogP contribution in [-0.2, 0) is 31.5 Å². The third kappa shape index (κ3) is 5.71. The molecule has 0 aliphatic carbocycles. The minimum absolute atomic E-state index is 0.266. The number of amides is 2. The SMILES string of the molecule is CN(C=O)Cc1ccc(C(=O)NCc2c(F)cc(F)cc2F)cc1N(C)Cc1ccnn1C. The Balaban J connectivity index is 1.84. The molecule has 3 rings (SSSR count). The van der Waals surface area contributed by atoms with Gasteiger partial charge in [0.1, 0.15) is 17.5 Å². The molecule has 2 amide bonds. The fourth-order valence-corrected chi connectivity index (χ4v) is 3.40. The fraction of sp³-hybridized carbons (Fsp3) is 0.261. The Bertz CT molecular complexity index is 1140. The van der Waals surface area contributed by atoms with Crippen molar-refractivity contribution in [2.24, 2.45) is 7.05 Å². The second-order valence-electron chi connectivity index (χ2n) is 7.70. The number of hydrogen-bond acceptors (Lipinski definition) is 4. The molecular formula is C23H24F3N5O2. The minimum Gasteiger partial charge on any atom is -0.368 e. The molecule has 0 unspecified atom stereocenters. The Morgan fingerprint density at radius 2 is 1.79 bits per heavy atom. The Labute approximate surface area is 189 Å². The van der Waals surface area contributed by atoms with Gasteiger partial charge in [0, 0.05) is 69.4 Å². The molecule has 0 saturated carbocycles. The Hall–Kier alpha value is -3.82. The molecule has 7 nitrogen and oxygen atoms in total. The molecule has 0 bridgehead atoms. The highest BCUT2D eigenvalue weighted by Crippen LogP contribution is 2.25. The zero-order chi connectivity index (χ0) is 24.1. The third-order valence-electron chi connectivity index (χ3n) is 5.21. The number of halogens is 3. The van der Waals surface area contributed by atoms with Gasteiger partial charge in [0.2, 0.25) is 6.41 Å². The number of rotatable bonds is 9. The van der Waals surface area contributed by atoms with Crippen molar-refractivity contribution in [3.8, 4) is 0 Å². The van der Waals surface area contributed by atoms with Crippen molar-refractivity contribution in [1.82, 2.24) is 20.0 Å². The summed E-state index contributed by atoms with van der Waals surface area (Å²) < 4.78 is 42.6. The number of nitrogens with zero attached hydrogens (tertiary/aromatic N) is 4. The number of carbonyl (C=O) groups is 2. The molecule has 0 saturated heterocycles. The van der Waals surface area contributed by atoms with E-state index in [2.05, 4.69) is 10.4 Å². The molecule has 0 fully saturated rings. The molecule has 33 heavy (non-hydrogen) atoms. The van der Waals surface area contributed by atoms with Crippen LogP contribution in [0.25, 0.3) is 0 Å². The van der Waals surface area contributed by atoms with E-state index in [4.69, 9.17) is 0 Å². The minimum atomic E-state index is -1.07. The number of aromatic nitrogens is 2. The van der Waals surface area contributed by atoms with Crippen LogP contribution in [-0.4, -0.2) is 41.1 Å². The van der Waals surface area contributed by atoms with E-state index in [9.17, 15) is 22.8 Å². The molecule has 0 aliphatic heterocycles. The van der Waals surface area contributed by atoms with Crippen LogP contribution in [0.2, 0.25) is 0 Å². The lowest BCUT2D eigenvalue weighted by Crippen LogP contribution is -2.26. The average Bonchev–Trinajstić information content (AvgIpc) is 3.17. The molecule has 2 aromatic carbocycles. The first kappa shape index (κ1) is 23.8. The van der Waals surface area contributed by atoms with Gasteiger partial charge in [-0.15, -0.1) is 0 Å². The summed E-state index contributed by atoms with van der Waals surface area (Å²) in [5.41, 5.74) is 2.28. The van der Waals surface area contributed by atoms with Crippen LogP contribution in [0.15, 0.2) is 42.6 Å². The van der Waals surface area contributed by atoms with E-state index in [1.54, 1.807) is 36.1 Å². The lowest BCUT2D eigenvalue weighted by Gasteiger charge is -2.25. The first-order valence-corrected chi connectivity index (χ1v) is 10.1. The summed E-state index contributed by atoms with van der Waals surface area (Å²) in [5, 5.41) is 6.62. The van der Waals surface area contributed by atoms with Gasteiger partial charge in [0.15, 0.2) is 0 Å². The summed E-state index contributed by atoms with van der Waals surface area (Å²) in [6, 6.07) is 7.95. The van der Waals surface area contributed by atoms with Crippen LogP contribution in [0.3, 0.4) is 0 Å². The van der Waals surface area contributed by atoms with Gasteiger partial charge < -0.3 is 15.1 Å². The normalized spacial score (nSPS) is 10.7. The summed E-state index contributed by atoms with van der Waals surface area (Å²) in [6.07, 6.45) is 2.39. The molecule has 174 valence electrons. The van der Waals surface area contributed by atoms with Crippen LogP contribution >= 0.6 is 0 Å². The van der Waals surface area contributed by atoms with E-state index in [1.165, 1.54) is 4.90 Å². The number of carbonyl (C=O) groups excluding carboxylic acids is 2. The summed E-state index contributed by atoms with van der Waals surface area (Å²) in [7, 11) is 5.31. The van der Waals surface area contributed by atoms with Crippen LogP contribution in [0.4, 0.5) is 18.9 Å². The van der Waals surface area contributed by atoms with Gasteiger partial charge >= 0.3 is 0 Å². The van der Waals surface area contributed by atoms with E-state index in [-0.39, 0.29) is 5.56 Å². The van der Waals surface area contributed by atoms with E-state index >= 15 is 0 Å². The van der Waals surface area contributed by atoms with Crippen molar-refractivity contribution >= 4 is 18.0 Å². The van der Waals surface area contributed by atoms with E-state index < -0.39 is 35.5 Å². The lowest BCUT2D eigenvalue weighted by atomic mass is 10.1. The summed E-state index contributed by atoms with van der Waals surface area (Å²) >= 11 is 0. The molecule has 1 N–H and O–H groups in total. The van der Waals surface area contributed by atoms with Gasteiger partial charge in [0.05, 0.1) is 12.2 Å². The second-order valence-corrected chi connectivity index (χ2v) is 7.70. The summed E-state index contributed by atoms with van der Waals surface area (Å²) in [4.78, 5) is 27.2. The first-order chi connectivity index (χ1) is 15.7. The quantitative estimate of drug-likeness (QED) is 0.500. The van der Waals surface area contributed by atoms with E-state index in [0.717, 1.165) is 11.3 Å². The molecule has 10 heteroatoms. The lowest BCUT2D eigenvalue weighted by molar-refractivity contribution is -0.117. The van der Waals surface area contributed by atoms with Crippen molar-refractivity contribution < 1.29 is 22.8 Å². The van der Waals surface area contributed by atoms with Gasteiger partial charge in [-0.1, -0.05) is 6.07 Å². The maximum absolute atomic E-state index is 13.9. The van der Waals surface area contributed by atoms with Crippen molar-refractivity contribution in [1.29, 1.82) is 0 Å². The number of anilines is 1. The number of aryl methyl sites for hydroxylation is 1. The number of benzene rings is 2. The number of nitrogens with one attached hydrogen (secondary N) is 1.